The van der Waals surface area contributed by atoms with Gasteiger partial charge in [-0.25, -0.2) is 14.7 Å². The Balaban J connectivity index is 2.11. The SMILES string of the molecule is CCN(CC)c1ccc(N=C2C(=O)N(c3cccc(C(=O)O)c3)C(=O)C(C(N)=O)=C2C)cc1. The van der Waals surface area contributed by atoms with Crippen molar-refractivity contribution in [1.29, 1.82) is 0 Å². The van der Waals surface area contributed by atoms with E-state index in [0.29, 0.717) is 5.69 Å². The lowest BCUT2D eigenvalue weighted by molar-refractivity contribution is -0.123. The summed E-state index contributed by atoms with van der Waals surface area (Å²) in [6.45, 7) is 7.19. The van der Waals surface area contributed by atoms with Crippen LogP contribution in [0.1, 0.15) is 31.1 Å². The number of nitrogens with two attached hydrogens (primary N) is 1. The van der Waals surface area contributed by atoms with Crippen LogP contribution in [0, 0.1) is 0 Å². The highest BCUT2D eigenvalue weighted by Crippen LogP contribution is 2.28. The number of hydrogen-bond donors (Lipinski definition) is 2. The van der Waals surface area contributed by atoms with Crippen LogP contribution in [0.5, 0.6) is 0 Å². The van der Waals surface area contributed by atoms with Crippen LogP contribution in [0.4, 0.5) is 17.1 Å². The van der Waals surface area contributed by atoms with Crippen LogP contribution in [-0.2, 0) is 14.4 Å². The van der Waals surface area contributed by atoms with E-state index < -0.39 is 23.7 Å². The van der Waals surface area contributed by atoms with Crippen molar-refractivity contribution in [3.05, 3.63) is 65.2 Å². The van der Waals surface area contributed by atoms with E-state index in [1.54, 1.807) is 12.1 Å². The minimum atomic E-state index is -1.22. The van der Waals surface area contributed by atoms with Crippen LogP contribution in [0.25, 0.3) is 0 Å². The van der Waals surface area contributed by atoms with Gasteiger partial charge in [-0.1, -0.05) is 6.07 Å². The molecule has 0 fully saturated rings. The number of carbonyl (C=O) groups is 4. The molecule has 0 aromatic heterocycles. The van der Waals surface area contributed by atoms with E-state index >= 15 is 0 Å². The number of amides is 3. The molecule has 33 heavy (non-hydrogen) atoms. The lowest BCUT2D eigenvalue weighted by atomic mass is 9.96. The van der Waals surface area contributed by atoms with Gasteiger partial charge >= 0.3 is 5.97 Å². The molecule has 2 aromatic carbocycles. The van der Waals surface area contributed by atoms with Gasteiger partial charge < -0.3 is 15.7 Å². The fourth-order valence-corrected chi connectivity index (χ4v) is 3.64. The first-order valence-electron chi connectivity index (χ1n) is 10.4. The lowest BCUT2D eigenvalue weighted by Gasteiger charge is -2.28. The Kier molecular flexibility index (Phi) is 6.72. The molecule has 1 heterocycles. The average molecular weight is 448 g/mol. The maximum atomic E-state index is 13.3. The van der Waals surface area contributed by atoms with E-state index in [9.17, 15) is 24.3 Å². The van der Waals surface area contributed by atoms with E-state index in [2.05, 4.69) is 9.89 Å². The van der Waals surface area contributed by atoms with E-state index in [4.69, 9.17) is 5.73 Å². The number of rotatable bonds is 7. The molecule has 0 unspecified atom stereocenters. The maximum absolute atomic E-state index is 13.3. The Labute approximate surface area is 190 Å². The topological polar surface area (TPSA) is 133 Å². The number of aromatic carboxylic acids is 1. The van der Waals surface area contributed by atoms with E-state index in [0.717, 1.165) is 23.7 Å². The Morgan fingerprint density at radius 3 is 2.21 bits per heavy atom. The number of carboxylic acid groups (broad SMARTS) is 1. The lowest BCUT2D eigenvalue weighted by Crippen LogP contribution is -2.49. The van der Waals surface area contributed by atoms with Crippen LogP contribution in [-0.4, -0.2) is 47.6 Å². The Hall–Kier alpha value is -4.27. The molecule has 0 spiro atoms. The van der Waals surface area contributed by atoms with Crippen LogP contribution < -0.4 is 15.5 Å². The fraction of sp³-hybridized carbons (Fsp3) is 0.208. The molecule has 2 aromatic rings. The second kappa shape index (κ2) is 9.47. The molecule has 0 saturated heterocycles. The van der Waals surface area contributed by atoms with Crippen molar-refractivity contribution in [1.82, 2.24) is 0 Å². The highest BCUT2D eigenvalue weighted by atomic mass is 16.4. The van der Waals surface area contributed by atoms with Gasteiger partial charge in [0.05, 0.1) is 16.9 Å². The summed E-state index contributed by atoms with van der Waals surface area (Å²) in [7, 11) is 0. The third-order valence-electron chi connectivity index (χ3n) is 5.37. The third kappa shape index (κ3) is 4.52. The molecule has 3 rings (SSSR count). The van der Waals surface area contributed by atoms with Crippen LogP contribution in [0.15, 0.2) is 64.7 Å². The van der Waals surface area contributed by atoms with Gasteiger partial charge in [-0.2, -0.15) is 0 Å². The van der Waals surface area contributed by atoms with E-state index in [1.807, 2.05) is 26.0 Å². The van der Waals surface area contributed by atoms with Gasteiger partial charge in [-0.15, -0.1) is 0 Å². The highest BCUT2D eigenvalue weighted by molar-refractivity contribution is 6.59. The fourth-order valence-electron chi connectivity index (χ4n) is 3.64. The number of hydrogen-bond acceptors (Lipinski definition) is 6. The Morgan fingerprint density at radius 2 is 1.67 bits per heavy atom. The van der Waals surface area contributed by atoms with Crippen molar-refractivity contribution in [2.45, 2.75) is 20.8 Å². The van der Waals surface area contributed by atoms with Gasteiger partial charge in [0, 0.05) is 18.8 Å². The van der Waals surface area contributed by atoms with Gasteiger partial charge in [-0.3, -0.25) is 14.4 Å². The molecule has 0 atom stereocenters. The number of aliphatic imine (C=N–C) groups is 1. The van der Waals surface area contributed by atoms with Gasteiger partial charge in [0.15, 0.2) is 0 Å². The summed E-state index contributed by atoms with van der Waals surface area (Å²) in [5.41, 5.74) is 6.32. The molecule has 1 aliphatic heterocycles. The molecule has 0 aliphatic carbocycles. The number of carbonyl (C=O) groups excluding carboxylic acids is 3. The maximum Gasteiger partial charge on any atom is 0.335 e. The van der Waals surface area contributed by atoms with Gasteiger partial charge in [0.1, 0.15) is 11.3 Å². The van der Waals surface area contributed by atoms with Crippen molar-refractivity contribution in [2.24, 2.45) is 10.7 Å². The molecule has 0 radical (unpaired) electrons. The van der Waals surface area contributed by atoms with Crippen molar-refractivity contribution >= 4 is 46.5 Å². The number of nitrogens with zero attached hydrogens (tertiary/aromatic N) is 3. The quantitative estimate of drug-likeness (QED) is 0.494. The zero-order valence-electron chi connectivity index (χ0n) is 18.5. The molecule has 0 bridgehead atoms. The average Bonchev–Trinajstić information content (AvgIpc) is 2.78. The summed E-state index contributed by atoms with van der Waals surface area (Å²) in [5.74, 6) is -3.94. The summed E-state index contributed by atoms with van der Waals surface area (Å²) in [6, 6.07) is 12.5. The molecule has 170 valence electrons. The van der Waals surface area contributed by atoms with Crippen LogP contribution >= 0.6 is 0 Å². The summed E-state index contributed by atoms with van der Waals surface area (Å²) in [6.07, 6.45) is 0. The minimum Gasteiger partial charge on any atom is -0.478 e. The molecular formula is C24H24N4O5. The molecule has 9 nitrogen and oxygen atoms in total. The summed E-state index contributed by atoms with van der Waals surface area (Å²) in [5, 5.41) is 9.27. The summed E-state index contributed by atoms with van der Waals surface area (Å²) < 4.78 is 0. The standard InChI is InChI=1S/C24H24N4O5/c1-4-27(5-2)17-11-9-16(10-12-17)26-20-14(3)19(21(25)29)22(30)28(23(20)31)18-8-6-7-15(13-18)24(32)33/h6-13H,4-5H2,1-3H3,(H2,25,29)(H,32,33). The first kappa shape index (κ1) is 23.4. The van der Waals surface area contributed by atoms with E-state index in [-0.39, 0.29) is 28.1 Å². The Bertz CT molecular complexity index is 1190. The molecular weight excluding hydrogens is 424 g/mol. The first-order chi connectivity index (χ1) is 15.7. The zero-order valence-corrected chi connectivity index (χ0v) is 18.5. The monoisotopic (exact) mass is 448 g/mol. The summed E-state index contributed by atoms with van der Waals surface area (Å²) >= 11 is 0. The molecule has 3 amide bonds. The molecule has 9 heteroatoms. The number of imide groups is 1. The zero-order chi connectivity index (χ0) is 24.3. The molecule has 0 saturated carbocycles. The van der Waals surface area contributed by atoms with Crippen LogP contribution in [0.3, 0.4) is 0 Å². The van der Waals surface area contributed by atoms with Gasteiger partial charge in [0.25, 0.3) is 17.7 Å². The number of benzene rings is 2. The minimum absolute atomic E-state index is 0.000677. The van der Waals surface area contributed by atoms with Crippen molar-refractivity contribution in [2.75, 3.05) is 22.9 Å². The third-order valence-corrected chi connectivity index (χ3v) is 5.37. The van der Waals surface area contributed by atoms with Crippen molar-refractivity contribution < 1.29 is 24.3 Å². The predicted octanol–water partition coefficient (Wildman–Crippen LogP) is 2.68. The smallest absolute Gasteiger partial charge is 0.335 e. The van der Waals surface area contributed by atoms with E-state index in [1.165, 1.54) is 31.2 Å². The second-order valence-corrected chi connectivity index (χ2v) is 7.31. The normalized spacial score (nSPS) is 15.2. The second-order valence-electron chi connectivity index (χ2n) is 7.31. The highest BCUT2D eigenvalue weighted by Gasteiger charge is 2.40. The number of primary amides is 1. The molecule has 3 N–H and O–H groups in total. The summed E-state index contributed by atoms with van der Waals surface area (Å²) in [4.78, 5) is 57.0. The number of carboxylic acids is 1. The first-order valence-corrected chi connectivity index (χ1v) is 10.4. The Morgan fingerprint density at radius 1 is 1.03 bits per heavy atom. The largest absolute Gasteiger partial charge is 0.478 e. The van der Waals surface area contributed by atoms with Gasteiger partial charge in [0.2, 0.25) is 0 Å². The van der Waals surface area contributed by atoms with Crippen LogP contribution in [0.2, 0.25) is 0 Å². The van der Waals surface area contributed by atoms with Crippen molar-refractivity contribution in [3.8, 4) is 0 Å². The van der Waals surface area contributed by atoms with Crippen molar-refractivity contribution in [3.63, 3.8) is 0 Å². The molecule has 1 aliphatic rings. The number of anilines is 2. The predicted molar refractivity (Wildman–Crippen MR) is 125 cm³/mol. The van der Waals surface area contributed by atoms with Gasteiger partial charge in [-0.05, 0) is 68.8 Å².